The van der Waals surface area contributed by atoms with Gasteiger partial charge in [-0.3, -0.25) is 19.2 Å². The number of carbonyl (C=O) groups is 4. The highest BCUT2D eigenvalue weighted by atomic mass is 16.5. The van der Waals surface area contributed by atoms with Gasteiger partial charge in [-0.05, 0) is 48.4 Å². The van der Waals surface area contributed by atoms with Crippen LogP contribution in [0.15, 0.2) is 71.9 Å². The van der Waals surface area contributed by atoms with Crippen LogP contribution in [0.3, 0.4) is 0 Å². The van der Waals surface area contributed by atoms with Crippen molar-refractivity contribution >= 4 is 30.0 Å². The van der Waals surface area contributed by atoms with Crippen LogP contribution in [-0.4, -0.2) is 59.7 Å². The quantitative estimate of drug-likeness (QED) is 0.0979. The van der Waals surface area contributed by atoms with E-state index in [0.717, 1.165) is 29.5 Å². The number of benzene rings is 2. The van der Waals surface area contributed by atoms with Gasteiger partial charge in [-0.1, -0.05) is 73.5 Å². The van der Waals surface area contributed by atoms with Crippen molar-refractivity contribution in [3.8, 4) is 0 Å². The molecule has 236 valence electrons. The molecule has 0 saturated carbocycles. The van der Waals surface area contributed by atoms with Gasteiger partial charge in [0, 0.05) is 39.3 Å². The molecular weight excluding hydrogens is 562 g/mol. The number of cyclic esters (lactones) is 1. The van der Waals surface area contributed by atoms with E-state index in [1.54, 1.807) is 18.2 Å². The molecule has 1 aliphatic heterocycles. The molecule has 0 saturated heterocycles. The topological polar surface area (TPSA) is 135 Å². The molecule has 10 nitrogen and oxygen atoms in total. The summed E-state index contributed by atoms with van der Waals surface area (Å²) in [7, 11) is 1.57. The summed E-state index contributed by atoms with van der Waals surface area (Å²) in [5, 5.41) is 12.8. The number of hydrazone groups is 1. The zero-order chi connectivity index (χ0) is 31.6. The van der Waals surface area contributed by atoms with Crippen LogP contribution in [0.5, 0.6) is 0 Å². The fourth-order valence-corrected chi connectivity index (χ4v) is 5.02. The number of esters is 1. The van der Waals surface area contributed by atoms with Gasteiger partial charge in [-0.15, -0.1) is 0 Å². The highest BCUT2D eigenvalue weighted by Crippen LogP contribution is 2.29. The van der Waals surface area contributed by atoms with Gasteiger partial charge in [0.15, 0.2) is 0 Å². The lowest BCUT2D eigenvalue weighted by Gasteiger charge is -2.37. The maximum absolute atomic E-state index is 13.7. The highest BCUT2D eigenvalue weighted by molar-refractivity contribution is 5.82. The molecule has 0 unspecified atom stereocenters. The summed E-state index contributed by atoms with van der Waals surface area (Å²) < 4.78 is 11.6. The van der Waals surface area contributed by atoms with Crippen molar-refractivity contribution in [2.24, 2.45) is 5.10 Å². The molecule has 2 aromatic carbocycles. The molecule has 0 bridgehead atoms. The standard InChI is InChI=1S/C34H43N3O7/c1-43-25-29-34(28-16-7-6-8-17-28)44-33(42)21-12-5-3-10-19-31(39)37(29)24-27-15-13-14-26(22-27)23-35-36-30(38)18-9-2-4-11-20-32(40)41/h3,5-8,13-17,22-23,29,34H,2,4,9-12,18-21,24-25H2,1H3,(H,36,38)(H,40,41)/b5-3+,35-23+/t29-,34-/m0/s1. The first kappa shape index (κ1) is 34.2. The van der Waals surface area contributed by atoms with Crippen molar-refractivity contribution in [2.45, 2.75) is 82.9 Å². The molecule has 0 spiro atoms. The van der Waals surface area contributed by atoms with Gasteiger partial charge in [0.25, 0.3) is 0 Å². The third-order valence-corrected chi connectivity index (χ3v) is 7.25. The van der Waals surface area contributed by atoms with Crippen molar-refractivity contribution < 1.29 is 33.8 Å². The third-order valence-electron chi connectivity index (χ3n) is 7.25. The Kier molecular flexibility index (Phi) is 14.8. The molecule has 0 aliphatic carbocycles. The van der Waals surface area contributed by atoms with E-state index in [1.807, 2.05) is 66.7 Å². The van der Waals surface area contributed by atoms with Crippen LogP contribution in [0.1, 0.15) is 87.0 Å². The number of carboxylic acids is 1. The first-order chi connectivity index (χ1) is 21.4. The Morgan fingerprint density at radius 3 is 2.45 bits per heavy atom. The maximum atomic E-state index is 13.7. The molecule has 3 rings (SSSR count). The van der Waals surface area contributed by atoms with Crippen LogP contribution in [0, 0.1) is 0 Å². The van der Waals surface area contributed by atoms with E-state index in [2.05, 4.69) is 10.5 Å². The minimum absolute atomic E-state index is 0.0800. The average molecular weight is 606 g/mol. The minimum Gasteiger partial charge on any atom is -0.481 e. The van der Waals surface area contributed by atoms with Crippen LogP contribution in [0.2, 0.25) is 0 Å². The Labute approximate surface area is 259 Å². The monoisotopic (exact) mass is 605 g/mol. The summed E-state index contributed by atoms with van der Waals surface area (Å²) in [5.41, 5.74) is 4.91. The number of amides is 2. The van der Waals surface area contributed by atoms with Crippen molar-refractivity contribution in [1.82, 2.24) is 10.3 Å². The Balaban J connectivity index is 1.74. The van der Waals surface area contributed by atoms with E-state index >= 15 is 0 Å². The van der Waals surface area contributed by atoms with Crippen LogP contribution in [0.4, 0.5) is 0 Å². The lowest BCUT2D eigenvalue weighted by Crippen LogP contribution is -2.47. The second-order valence-corrected chi connectivity index (χ2v) is 10.8. The summed E-state index contributed by atoms with van der Waals surface area (Å²) >= 11 is 0. The summed E-state index contributed by atoms with van der Waals surface area (Å²) in [4.78, 5) is 51.0. The number of methoxy groups -OCH3 is 1. The van der Waals surface area contributed by atoms with E-state index in [-0.39, 0.29) is 43.8 Å². The lowest BCUT2D eigenvalue weighted by atomic mass is 9.99. The van der Waals surface area contributed by atoms with Crippen molar-refractivity contribution in [3.63, 3.8) is 0 Å². The maximum Gasteiger partial charge on any atom is 0.306 e. The Morgan fingerprint density at radius 1 is 1.00 bits per heavy atom. The predicted molar refractivity (Wildman–Crippen MR) is 167 cm³/mol. The number of ether oxygens (including phenoxy) is 2. The van der Waals surface area contributed by atoms with Crippen LogP contribution < -0.4 is 5.43 Å². The Morgan fingerprint density at radius 2 is 1.73 bits per heavy atom. The van der Waals surface area contributed by atoms with Gasteiger partial charge < -0.3 is 19.5 Å². The van der Waals surface area contributed by atoms with Gasteiger partial charge >= 0.3 is 11.9 Å². The summed E-state index contributed by atoms with van der Waals surface area (Å²) in [5.74, 6) is -1.43. The van der Waals surface area contributed by atoms with Gasteiger partial charge in [-0.2, -0.15) is 5.10 Å². The number of hydrogen-bond acceptors (Lipinski definition) is 7. The number of unbranched alkanes of at least 4 members (excludes halogenated alkanes) is 3. The molecule has 2 aromatic rings. The molecule has 0 radical (unpaired) electrons. The zero-order valence-electron chi connectivity index (χ0n) is 25.4. The third kappa shape index (κ3) is 12.1. The number of carbonyl (C=O) groups excluding carboxylic acids is 3. The number of aliphatic carboxylic acids is 1. The number of carboxylic acid groups (broad SMARTS) is 1. The summed E-state index contributed by atoms with van der Waals surface area (Å²) in [6.07, 6.45) is 9.63. The molecule has 44 heavy (non-hydrogen) atoms. The smallest absolute Gasteiger partial charge is 0.306 e. The fourth-order valence-electron chi connectivity index (χ4n) is 5.02. The Bertz CT molecular complexity index is 1280. The van der Waals surface area contributed by atoms with E-state index < -0.39 is 18.1 Å². The number of nitrogens with one attached hydrogen (secondary N) is 1. The van der Waals surface area contributed by atoms with Crippen molar-refractivity contribution in [1.29, 1.82) is 0 Å². The largest absolute Gasteiger partial charge is 0.481 e. The molecule has 10 heteroatoms. The lowest BCUT2D eigenvalue weighted by molar-refractivity contribution is -0.159. The second kappa shape index (κ2) is 19.1. The number of allylic oxidation sites excluding steroid dienone is 2. The van der Waals surface area contributed by atoms with Crippen LogP contribution in [0.25, 0.3) is 0 Å². The SMILES string of the molecule is COC[C@H]1[C@H](c2ccccc2)OC(=O)CC/C=C/CCC(=O)N1Cc1cccc(/C=N/NC(=O)CCCCCCC(=O)O)c1. The predicted octanol–water partition coefficient (Wildman–Crippen LogP) is 5.32. The van der Waals surface area contributed by atoms with Crippen LogP contribution in [-0.2, 0) is 35.2 Å². The second-order valence-electron chi connectivity index (χ2n) is 10.8. The summed E-state index contributed by atoms with van der Waals surface area (Å²) in [6, 6.07) is 16.4. The molecule has 0 aromatic heterocycles. The molecule has 2 amide bonds. The zero-order valence-corrected chi connectivity index (χ0v) is 25.4. The van der Waals surface area contributed by atoms with Gasteiger partial charge in [0.05, 0.1) is 18.9 Å². The normalized spacial score (nSPS) is 18.7. The number of hydrogen-bond donors (Lipinski definition) is 2. The Hall–Kier alpha value is -4.31. The summed E-state index contributed by atoms with van der Waals surface area (Å²) in [6.45, 7) is 0.425. The van der Waals surface area contributed by atoms with Crippen molar-refractivity contribution in [3.05, 3.63) is 83.4 Å². The molecular formula is C34H43N3O7. The van der Waals surface area contributed by atoms with Gasteiger partial charge in [0.1, 0.15) is 6.10 Å². The number of rotatable bonds is 14. The first-order valence-electron chi connectivity index (χ1n) is 15.2. The van der Waals surface area contributed by atoms with Gasteiger partial charge in [0.2, 0.25) is 11.8 Å². The molecule has 0 fully saturated rings. The molecule has 1 aliphatic rings. The van der Waals surface area contributed by atoms with E-state index in [0.29, 0.717) is 38.5 Å². The number of nitrogens with zero attached hydrogens (tertiary/aromatic N) is 2. The van der Waals surface area contributed by atoms with E-state index in [1.165, 1.54) is 0 Å². The fraction of sp³-hybridized carbons (Fsp3) is 0.441. The highest BCUT2D eigenvalue weighted by Gasteiger charge is 2.34. The van der Waals surface area contributed by atoms with Gasteiger partial charge in [-0.25, -0.2) is 5.43 Å². The molecule has 1 heterocycles. The minimum atomic E-state index is -0.805. The van der Waals surface area contributed by atoms with E-state index in [4.69, 9.17) is 14.6 Å². The van der Waals surface area contributed by atoms with E-state index in [9.17, 15) is 19.2 Å². The molecule has 2 atom stereocenters. The first-order valence-corrected chi connectivity index (χ1v) is 15.2. The van der Waals surface area contributed by atoms with Crippen LogP contribution >= 0.6 is 0 Å². The molecule has 2 N–H and O–H groups in total. The van der Waals surface area contributed by atoms with Crippen molar-refractivity contribution in [2.75, 3.05) is 13.7 Å². The average Bonchev–Trinajstić information content (AvgIpc) is 3.01.